The van der Waals surface area contributed by atoms with E-state index in [0.717, 1.165) is 21.2 Å². The van der Waals surface area contributed by atoms with E-state index in [1.54, 1.807) is 23.1 Å². The van der Waals surface area contributed by atoms with Crippen LogP contribution in [-0.2, 0) is 5.75 Å². The van der Waals surface area contributed by atoms with Gasteiger partial charge in [-0.15, -0.1) is 23.1 Å². The van der Waals surface area contributed by atoms with Crippen LogP contribution in [0.25, 0.3) is 0 Å². The molecule has 1 aromatic heterocycles. The molecular formula is C14H11ClOS2. The summed E-state index contributed by atoms with van der Waals surface area (Å²) in [5.41, 5.74) is 0.994. The predicted octanol–water partition coefficient (Wildman–Crippen LogP) is 4.04. The minimum absolute atomic E-state index is 0.104. The molecule has 0 radical (unpaired) electrons. The summed E-state index contributed by atoms with van der Waals surface area (Å²) in [7, 11) is 0. The number of thioether (sulfide) groups is 1. The largest absolute Gasteiger partial charge is 0.384 e. The molecule has 0 bridgehead atoms. The lowest BCUT2D eigenvalue weighted by Crippen LogP contribution is -1.82. The quantitative estimate of drug-likeness (QED) is 0.681. The predicted molar refractivity (Wildman–Crippen MR) is 79.3 cm³/mol. The van der Waals surface area contributed by atoms with Gasteiger partial charge in [0.05, 0.1) is 5.02 Å². The number of hydrogen-bond acceptors (Lipinski definition) is 3. The normalized spacial score (nSPS) is 9.89. The third-order valence-corrected chi connectivity index (χ3v) is 4.89. The van der Waals surface area contributed by atoms with E-state index in [1.165, 1.54) is 4.88 Å². The third-order valence-electron chi connectivity index (χ3n) is 2.24. The van der Waals surface area contributed by atoms with Crippen molar-refractivity contribution in [1.82, 2.24) is 0 Å². The molecule has 92 valence electrons. The molecule has 0 aliphatic rings. The molecule has 0 atom stereocenters. The Morgan fingerprint density at radius 3 is 2.89 bits per heavy atom. The maximum atomic E-state index is 8.71. The number of rotatable bonds is 3. The van der Waals surface area contributed by atoms with Crippen LogP contribution in [0.3, 0.4) is 0 Å². The topological polar surface area (TPSA) is 20.2 Å². The van der Waals surface area contributed by atoms with Crippen molar-refractivity contribution in [3.8, 4) is 11.8 Å². The Labute approximate surface area is 120 Å². The highest BCUT2D eigenvalue weighted by Gasteiger charge is 2.05. The second-order valence-corrected chi connectivity index (χ2v) is 5.86. The van der Waals surface area contributed by atoms with Gasteiger partial charge in [0.2, 0.25) is 0 Å². The summed E-state index contributed by atoms with van der Waals surface area (Å²) < 4.78 is 0. The Kier molecular flexibility index (Phi) is 5.15. The summed E-state index contributed by atoms with van der Waals surface area (Å²) in [5, 5.41) is 11.5. The SMILES string of the molecule is OCC#Cc1ccsc1CSc1ccccc1Cl. The molecule has 0 saturated heterocycles. The van der Waals surface area contributed by atoms with E-state index >= 15 is 0 Å². The average molecular weight is 295 g/mol. The highest BCUT2D eigenvalue weighted by molar-refractivity contribution is 7.98. The van der Waals surface area contributed by atoms with Crippen molar-refractivity contribution in [1.29, 1.82) is 0 Å². The third kappa shape index (κ3) is 3.54. The smallest absolute Gasteiger partial charge is 0.104 e. The van der Waals surface area contributed by atoms with Crippen molar-refractivity contribution in [3.63, 3.8) is 0 Å². The summed E-state index contributed by atoms with van der Waals surface area (Å²) in [6.07, 6.45) is 0. The van der Waals surface area contributed by atoms with Gasteiger partial charge in [-0.05, 0) is 23.6 Å². The molecule has 4 heteroatoms. The van der Waals surface area contributed by atoms with Crippen LogP contribution in [0.5, 0.6) is 0 Å². The molecule has 0 spiro atoms. The minimum Gasteiger partial charge on any atom is -0.384 e. The molecule has 2 aromatic rings. The number of thiophene rings is 1. The number of benzene rings is 1. The monoisotopic (exact) mass is 294 g/mol. The lowest BCUT2D eigenvalue weighted by Gasteiger charge is -2.02. The van der Waals surface area contributed by atoms with Crippen LogP contribution in [0, 0.1) is 11.8 Å². The van der Waals surface area contributed by atoms with Gasteiger partial charge in [0.1, 0.15) is 6.61 Å². The van der Waals surface area contributed by atoms with Crippen LogP contribution in [0.2, 0.25) is 5.02 Å². The molecule has 0 fully saturated rings. The zero-order valence-corrected chi connectivity index (χ0v) is 11.9. The number of aliphatic hydroxyl groups excluding tert-OH is 1. The van der Waals surface area contributed by atoms with Crippen LogP contribution in [-0.4, -0.2) is 11.7 Å². The highest BCUT2D eigenvalue weighted by Crippen LogP contribution is 2.31. The van der Waals surface area contributed by atoms with Crippen molar-refractivity contribution < 1.29 is 5.11 Å². The van der Waals surface area contributed by atoms with E-state index in [2.05, 4.69) is 11.8 Å². The molecule has 18 heavy (non-hydrogen) atoms. The van der Waals surface area contributed by atoms with E-state index in [-0.39, 0.29) is 6.61 Å². The van der Waals surface area contributed by atoms with Crippen LogP contribution in [0.15, 0.2) is 40.6 Å². The Balaban J connectivity index is 2.07. The van der Waals surface area contributed by atoms with Gasteiger partial charge in [0.25, 0.3) is 0 Å². The first-order valence-electron chi connectivity index (χ1n) is 5.34. The van der Waals surface area contributed by atoms with Crippen molar-refractivity contribution in [2.45, 2.75) is 10.6 Å². The van der Waals surface area contributed by atoms with E-state index < -0.39 is 0 Å². The van der Waals surface area contributed by atoms with Gasteiger partial charge < -0.3 is 5.11 Å². The molecule has 0 saturated carbocycles. The number of halogens is 1. The summed E-state index contributed by atoms with van der Waals surface area (Å²) in [5.74, 6) is 6.48. The van der Waals surface area contributed by atoms with Gasteiger partial charge in [-0.1, -0.05) is 35.6 Å². The molecule has 2 rings (SSSR count). The molecule has 0 unspecified atom stereocenters. The molecule has 1 aromatic carbocycles. The Bertz CT molecular complexity index is 581. The van der Waals surface area contributed by atoms with E-state index in [1.807, 2.05) is 35.7 Å². The lowest BCUT2D eigenvalue weighted by molar-refractivity contribution is 0.350. The first-order valence-corrected chi connectivity index (χ1v) is 7.59. The zero-order chi connectivity index (χ0) is 12.8. The Morgan fingerprint density at radius 1 is 1.28 bits per heavy atom. The van der Waals surface area contributed by atoms with Crippen LogP contribution >= 0.6 is 34.7 Å². The van der Waals surface area contributed by atoms with Crippen molar-refractivity contribution >= 4 is 34.7 Å². The van der Waals surface area contributed by atoms with Crippen LogP contribution in [0.1, 0.15) is 10.4 Å². The molecule has 1 N–H and O–H groups in total. The lowest BCUT2D eigenvalue weighted by atomic mass is 10.3. The maximum absolute atomic E-state index is 8.71. The molecule has 0 aliphatic heterocycles. The first kappa shape index (κ1) is 13.5. The van der Waals surface area contributed by atoms with E-state index in [0.29, 0.717) is 0 Å². The minimum atomic E-state index is -0.104. The maximum Gasteiger partial charge on any atom is 0.104 e. The fourth-order valence-corrected chi connectivity index (χ4v) is 3.59. The molecule has 1 heterocycles. The fourth-order valence-electron chi connectivity index (χ4n) is 1.40. The van der Waals surface area contributed by atoms with E-state index in [4.69, 9.17) is 16.7 Å². The fraction of sp³-hybridized carbons (Fsp3) is 0.143. The molecule has 1 nitrogen and oxygen atoms in total. The van der Waals surface area contributed by atoms with E-state index in [9.17, 15) is 0 Å². The summed E-state index contributed by atoms with van der Waals surface area (Å²) in [4.78, 5) is 2.29. The zero-order valence-electron chi connectivity index (χ0n) is 9.52. The highest BCUT2D eigenvalue weighted by atomic mass is 35.5. The average Bonchev–Trinajstić information content (AvgIpc) is 2.83. The summed E-state index contributed by atoms with van der Waals surface area (Å²) in [6, 6.07) is 9.80. The van der Waals surface area contributed by atoms with Crippen molar-refractivity contribution in [3.05, 3.63) is 51.2 Å². The number of hydrogen-bond donors (Lipinski definition) is 1. The second kappa shape index (κ2) is 6.86. The van der Waals surface area contributed by atoms with Gasteiger partial charge in [0, 0.05) is 21.1 Å². The summed E-state index contributed by atoms with van der Waals surface area (Å²) in [6.45, 7) is -0.104. The van der Waals surface area contributed by atoms with Gasteiger partial charge in [-0.3, -0.25) is 0 Å². The van der Waals surface area contributed by atoms with Crippen molar-refractivity contribution in [2.24, 2.45) is 0 Å². The summed E-state index contributed by atoms with van der Waals surface area (Å²) >= 11 is 9.49. The van der Waals surface area contributed by atoms with Crippen LogP contribution < -0.4 is 0 Å². The van der Waals surface area contributed by atoms with Crippen molar-refractivity contribution in [2.75, 3.05) is 6.61 Å². The first-order chi connectivity index (χ1) is 8.81. The Hall–Kier alpha value is -0.920. The van der Waals surface area contributed by atoms with Gasteiger partial charge in [-0.2, -0.15) is 0 Å². The molecule has 0 amide bonds. The van der Waals surface area contributed by atoms with Gasteiger partial charge in [-0.25, -0.2) is 0 Å². The Morgan fingerprint density at radius 2 is 2.11 bits per heavy atom. The van der Waals surface area contributed by atoms with Crippen LogP contribution in [0.4, 0.5) is 0 Å². The molecule has 0 aliphatic carbocycles. The second-order valence-electron chi connectivity index (χ2n) is 3.44. The number of aliphatic hydroxyl groups is 1. The van der Waals surface area contributed by atoms with Gasteiger partial charge >= 0.3 is 0 Å². The van der Waals surface area contributed by atoms with Gasteiger partial charge in [0.15, 0.2) is 0 Å². The molecular weight excluding hydrogens is 284 g/mol. The standard InChI is InChI=1S/C14H11ClOS2/c15-12-5-1-2-6-13(12)18-10-14-11(4-3-8-16)7-9-17-14/h1-2,5-7,9,16H,8,10H2.